The second-order valence-corrected chi connectivity index (χ2v) is 19.1. The first kappa shape index (κ1) is 39.7. The molecule has 11 aromatic carbocycles. The van der Waals surface area contributed by atoms with Crippen LogP contribution in [0.3, 0.4) is 0 Å². The molecule has 1 heteroatoms. The topological polar surface area (TPSA) is 12.4 Å². The van der Waals surface area contributed by atoms with Gasteiger partial charge < -0.3 is 0 Å². The van der Waals surface area contributed by atoms with Gasteiger partial charge in [-0.2, -0.15) is 0 Å². The van der Waals surface area contributed by atoms with Crippen LogP contribution in [0.1, 0.15) is 58.2 Å². The van der Waals surface area contributed by atoms with E-state index in [4.69, 9.17) is 4.99 Å². The van der Waals surface area contributed by atoms with Crippen molar-refractivity contribution >= 4 is 43.7 Å². The first-order valence-corrected chi connectivity index (χ1v) is 24.5. The molecule has 2 unspecified atom stereocenters. The molecule has 69 heavy (non-hydrogen) atoms. The van der Waals surface area contributed by atoms with Gasteiger partial charge in [0, 0.05) is 17.4 Å². The lowest BCUT2D eigenvalue weighted by atomic mass is 9.70. The molecule has 1 aliphatic heterocycles. The Morgan fingerprint density at radius 2 is 0.855 bits per heavy atom. The number of rotatable bonds is 6. The number of hydrogen-bond acceptors (Lipinski definition) is 1. The maximum absolute atomic E-state index is 5.62. The number of fused-ring (bicyclic) bond motifs is 16. The molecule has 14 rings (SSSR count). The third kappa shape index (κ3) is 5.87. The summed E-state index contributed by atoms with van der Waals surface area (Å²) in [5.74, 6) is 0.392. The zero-order valence-electron chi connectivity index (χ0n) is 38.4. The highest BCUT2D eigenvalue weighted by molar-refractivity contribution is 6.29. The first-order chi connectivity index (χ1) is 34.2. The Morgan fingerprint density at radius 3 is 1.51 bits per heavy atom. The lowest BCUT2D eigenvalue weighted by molar-refractivity contribution is 0.593. The first-order valence-electron chi connectivity index (χ1n) is 24.5. The molecule has 1 spiro atoms. The molecule has 2 aliphatic carbocycles. The van der Waals surface area contributed by atoms with Gasteiger partial charge in [0.2, 0.25) is 0 Å². The molecule has 2 atom stereocenters. The van der Waals surface area contributed by atoms with Crippen molar-refractivity contribution < 1.29 is 0 Å². The fourth-order valence-corrected chi connectivity index (χ4v) is 12.7. The molecule has 324 valence electrons. The van der Waals surface area contributed by atoms with Gasteiger partial charge in [-0.05, 0) is 135 Å². The number of nitrogens with zero attached hydrogens (tertiary/aromatic N) is 1. The van der Waals surface area contributed by atoms with Crippen molar-refractivity contribution in [3.63, 3.8) is 0 Å². The molecule has 0 fully saturated rings. The van der Waals surface area contributed by atoms with Gasteiger partial charge in [-0.1, -0.05) is 231 Å². The highest BCUT2D eigenvalue weighted by Gasteiger charge is 2.51. The molecule has 0 aromatic heterocycles. The molecule has 0 N–H and O–H groups in total. The quantitative estimate of drug-likeness (QED) is 0.148. The van der Waals surface area contributed by atoms with Crippen LogP contribution in [-0.4, -0.2) is 5.71 Å². The normalized spacial score (nSPS) is 16.2. The number of aliphatic imine (C=N–C) groups is 1. The van der Waals surface area contributed by atoms with Gasteiger partial charge in [-0.3, -0.25) is 4.99 Å². The van der Waals surface area contributed by atoms with E-state index in [-0.39, 0.29) is 11.8 Å². The van der Waals surface area contributed by atoms with E-state index in [0.29, 0.717) is 0 Å². The van der Waals surface area contributed by atoms with Crippen molar-refractivity contribution in [2.45, 2.75) is 24.7 Å². The molecule has 1 heterocycles. The van der Waals surface area contributed by atoms with Crippen LogP contribution in [0.15, 0.2) is 248 Å². The van der Waals surface area contributed by atoms with E-state index in [9.17, 15) is 0 Å². The Labute approximate surface area is 403 Å². The summed E-state index contributed by atoms with van der Waals surface area (Å²) >= 11 is 0. The highest BCUT2D eigenvalue weighted by atomic mass is 14.8. The summed E-state index contributed by atoms with van der Waals surface area (Å²) in [6.45, 7) is 2.31. The van der Waals surface area contributed by atoms with Crippen molar-refractivity contribution in [1.82, 2.24) is 0 Å². The molecule has 3 aliphatic rings. The molecule has 0 saturated carbocycles. The van der Waals surface area contributed by atoms with E-state index in [1.165, 1.54) is 110 Å². The third-order valence-corrected chi connectivity index (χ3v) is 15.7. The number of hydrogen-bond donors (Lipinski definition) is 0. The van der Waals surface area contributed by atoms with E-state index < -0.39 is 5.41 Å². The van der Waals surface area contributed by atoms with Gasteiger partial charge in [0.25, 0.3) is 0 Å². The van der Waals surface area contributed by atoms with Crippen LogP contribution >= 0.6 is 0 Å². The Bertz CT molecular complexity index is 3870. The summed E-state index contributed by atoms with van der Waals surface area (Å²) in [4.78, 5) is 5.62. The Balaban J connectivity index is 0.965. The number of allylic oxidation sites excluding steroid dienone is 1. The maximum Gasteiger partial charge on any atom is 0.0725 e. The van der Waals surface area contributed by atoms with Gasteiger partial charge in [0.05, 0.1) is 16.8 Å². The SMILES string of the molecule is CCC1C(c2ccccc2)=NC(c2ccc3c(c2)c2ccccc2c2cccc(-c4ccc5c(c4)C4(c6ccccc6-c6ccccc64)c4ccccc4-5)c23)=CC1c1ccc(-c2ccccc2)cc1. The van der Waals surface area contributed by atoms with Gasteiger partial charge in [-0.15, -0.1) is 0 Å². The van der Waals surface area contributed by atoms with Crippen LogP contribution in [0.4, 0.5) is 0 Å². The van der Waals surface area contributed by atoms with Crippen LogP contribution < -0.4 is 0 Å². The van der Waals surface area contributed by atoms with Crippen LogP contribution in [-0.2, 0) is 5.41 Å². The minimum absolute atomic E-state index is 0.159. The summed E-state index contributed by atoms with van der Waals surface area (Å²) < 4.78 is 0. The lowest BCUT2D eigenvalue weighted by Gasteiger charge is -2.31. The smallest absolute Gasteiger partial charge is 0.0725 e. The number of benzene rings is 11. The van der Waals surface area contributed by atoms with Gasteiger partial charge >= 0.3 is 0 Å². The van der Waals surface area contributed by atoms with Gasteiger partial charge in [0.15, 0.2) is 0 Å². The molecule has 11 aromatic rings. The average Bonchev–Trinajstić information content (AvgIpc) is 3.90. The highest BCUT2D eigenvalue weighted by Crippen LogP contribution is 2.63. The van der Waals surface area contributed by atoms with Gasteiger partial charge in [0.1, 0.15) is 0 Å². The van der Waals surface area contributed by atoms with E-state index in [2.05, 4.69) is 250 Å². The molecule has 0 radical (unpaired) electrons. The predicted octanol–water partition coefficient (Wildman–Crippen LogP) is 17.5. The summed E-state index contributed by atoms with van der Waals surface area (Å²) in [6.07, 6.45) is 3.43. The largest absolute Gasteiger partial charge is 0.252 e. The van der Waals surface area contributed by atoms with E-state index >= 15 is 0 Å². The average molecular weight is 878 g/mol. The Kier molecular flexibility index (Phi) is 8.98. The minimum Gasteiger partial charge on any atom is -0.252 e. The second kappa shape index (κ2) is 15.6. The van der Waals surface area contributed by atoms with Crippen LogP contribution in [0.5, 0.6) is 0 Å². The molecule has 0 saturated heterocycles. The monoisotopic (exact) mass is 877 g/mol. The maximum atomic E-state index is 5.62. The summed E-state index contributed by atoms with van der Waals surface area (Å²) in [5, 5.41) is 7.56. The third-order valence-electron chi connectivity index (χ3n) is 15.7. The van der Waals surface area contributed by atoms with Crippen molar-refractivity contribution in [2.24, 2.45) is 10.9 Å². The molecular formula is C68H47N. The van der Waals surface area contributed by atoms with Crippen molar-refractivity contribution in [2.75, 3.05) is 0 Å². The van der Waals surface area contributed by atoms with E-state index in [1.807, 2.05) is 0 Å². The van der Waals surface area contributed by atoms with Crippen molar-refractivity contribution in [3.05, 3.63) is 282 Å². The second-order valence-electron chi connectivity index (χ2n) is 19.1. The zero-order chi connectivity index (χ0) is 45.6. The summed E-state index contributed by atoms with van der Waals surface area (Å²) in [5.41, 5.74) is 21.1. The van der Waals surface area contributed by atoms with E-state index in [1.54, 1.807) is 0 Å². The van der Waals surface area contributed by atoms with Crippen LogP contribution in [0.25, 0.3) is 82.5 Å². The van der Waals surface area contributed by atoms with E-state index in [0.717, 1.165) is 23.4 Å². The zero-order valence-corrected chi connectivity index (χ0v) is 38.4. The molecule has 1 nitrogen and oxygen atoms in total. The van der Waals surface area contributed by atoms with Crippen molar-refractivity contribution in [3.8, 4) is 44.5 Å². The Hall–Kier alpha value is -8.39. The fraction of sp³-hybridized carbons (Fsp3) is 0.0735. The van der Waals surface area contributed by atoms with Crippen molar-refractivity contribution in [1.29, 1.82) is 0 Å². The lowest BCUT2D eigenvalue weighted by Crippen LogP contribution is -2.25. The van der Waals surface area contributed by atoms with Crippen LogP contribution in [0.2, 0.25) is 0 Å². The van der Waals surface area contributed by atoms with Gasteiger partial charge in [-0.25, -0.2) is 0 Å². The summed E-state index contributed by atoms with van der Waals surface area (Å²) in [6, 6.07) is 88.4. The molecule has 0 amide bonds. The predicted molar refractivity (Wildman–Crippen MR) is 290 cm³/mol. The fourth-order valence-electron chi connectivity index (χ4n) is 12.7. The molecule has 0 bridgehead atoms. The Morgan fingerprint density at radius 1 is 0.362 bits per heavy atom. The summed E-state index contributed by atoms with van der Waals surface area (Å²) in [7, 11) is 0. The molecular weight excluding hydrogens is 831 g/mol. The minimum atomic E-state index is -0.408. The van der Waals surface area contributed by atoms with Crippen LogP contribution in [0, 0.1) is 5.92 Å². The standard InChI is InChI=1S/C68H47N/c1-2-49-59(45-34-32-44(33-35-45)43-18-5-3-6-19-43)42-65(69-67(49)46-20-7-4-8-21-46)48-37-39-58-60(40-48)52-23-10-9-22-51(52)57-28-17-27-50(66(57)58)47-36-38-56-55-26-13-16-31-63(55)68(64(56)41-47)61-29-14-11-24-53(61)54-25-12-15-30-62(54)68/h3-42,49,59H,2H2,1H3.